The first-order valence-electron chi connectivity index (χ1n) is 7.98. The van der Waals surface area contributed by atoms with Crippen LogP contribution in [0.4, 0.5) is 10.1 Å². The van der Waals surface area contributed by atoms with Gasteiger partial charge >= 0.3 is 0 Å². The van der Waals surface area contributed by atoms with Crippen LogP contribution in [0.15, 0.2) is 46.9 Å². The summed E-state index contributed by atoms with van der Waals surface area (Å²) < 4.78 is 19.2. The number of anilines is 1. The molecule has 1 amide bonds. The molecule has 1 N–H and O–H groups in total. The van der Waals surface area contributed by atoms with E-state index in [0.29, 0.717) is 5.89 Å². The van der Waals surface area contributed by atoms with Gasteiger partial charge in [-0.15, -0.1) is 10.2 Å². The van der Waals surface area contributed by atoms with Crippen molar-refractivity contribution in [2.24, 2.45) is 0 Å². The predicted octanol–water partition coefficient (Wildman–Crippen LogP) is 4.06. The average Bonchev–Trinajstić information content (AvgIpc) is 3.06. The second kappa shape index (κ2) is 7.25. The lowest BCUT2D eigenvalue weighted by Gasteiger charge is -2.09. The number of carbonyl (C=O) groups excluding carboxylic acids is 1. The van der Waals surface area contributed by atoms with Crippen molar-refractivity contribution in [3.8, 4) is 11.5 Å². The van der Waals surface area contributed by atoms with Gasteiger partial charge in [0, 0.05) is 18.5 Å². The van der Waals surface area contributed by atoms with E-state index in [-0.39, 0.29) is 30.2 Å². The number of hydrogen-bond acceptors (Lipinski definition) is 4. The fraction of sp³-hybridized carbons (Fsp3) is 0.211. The second-order valence-corrected chi connectivity index (χ2v) is 5.78. The van der Waals surface area contributed by atoms with Gasteiger partial charge in [-0.25, -0.2) is 4.39 Å². The Morgan fingerprint density at radius 3 is 2.72 bits per heavy atom. The van der Waals surface area contributed by atoms with Crippen LogP contribution in [-0.2, 0) is 11.2 Å². The predicted molar refractivity (Wildman–Crippen MR) is 92.6 cm³/mol. The Kier molecular flexibility index (Phi) is 4.88. The largest absolute Gasteiger partial charge is 0.421 e. The number of aryl methyl sites for hydroxylation is 2. The second-order valence-electron chi connectivity index (χ2n) is 5.78. The SMILES string of the molecule is Cc1cccc(NC(=O)CCc2nnc(-c3ccccc3F)o2)c1C. The molecule has 0 aliphatic rings. The monoisotopic (exact) mass is 339 g/mol. The van der Waals surface area contributed by atoms with Gasteiger partial charge in [-0.3, -0.25) is 4.79 Å². The summed E-state index contributed by atoms with van der Waals surface area (Å²) in [7, 11) is 0. The lowest BCUT2D eigenvalue weighted by molar-refractivity contribution is -0.116. The first-order chi connectivity index (χ1) is 12.0. The Hall–Kier alpha value is -3.02. The molecule has 3 rings (SSSR count). The van der Waals surface area contributed by atoms with E-state index in [1.165, 1.54) is 6.07 Å². The zero-order valence-corrected chi connectivity index (χ0v) is 14.0. The third-order valence-electron chi connectivity index (χ3n) is 4.02. The van der Waals surface area contributed by atoms with Crippen LogP contribution in [0.25, 0.3) is 11.5 Å². The van der Waals surface area contributed by atoms with E-state index in [0.717, 1.165) is 16.8 Å². The lowest BCUT2D eigenvalue weighted by Crippen LogP contribution is -2.13. The van der Waals surface area contributed by atoms with Gasteiger partial charge in [0.1, 0.15) is 5.82 Å². The van der Waals surface area contributed by atoms with Crippen LogP contribution in [0.3, 0.4) is 0 Å². The minimum absolute atomic E-state index is 0.114. The molecule has 3 aromatic rings. The molecule has 5 nitrogen and oxygen atoms in total. The molecule has 6 heteroatoms. The van der Waals surface area contributed by atoms with Crippen molar-refractivity contribution in [2.45, 2.75) is 26.7 Å². The summed E-state index contributed by atoms with van der Waals surface area (Å²) in [5.74, 6) is -0.151. The minimum Gasteiger partial charge on any atom is -0.421 e. The van der Waals surface area contributed by atoms with Gasteiger partial charge in [0.2, 0.25) is 11.8 Å². The van der Waals surface area contributed by atoms with Gasteiger partial charge in [-0.05, 0) is 43.2 Å². The topological polar surface area (TPSA) is 68.0 Å². The molecule has 0 unspecified atom stereocenters. The summed E-state index contributed by atoms with van der Waals surface area (Å²) in [5.41, 5.74) is 3.20. The Morgan fingerprint density at radius 1 is 1.12 bits per heavy atom. The van der Waals surface area contributed by atoms with Crippen LogP contribution in [0.1, 0.15) is 23.4 Å². The van der Waals surface area contributed by atoms with Crippen LogP contribution < -0.4 is 5.32 Å². The molecule has 1 aromatic heterocycles. The fourth-order valence-corrected chi connectivity index (χ4v) is 2.42. The third-order valence-corrected chi connectivity index (χ3v) is 4.02. The van der Waals surface area contributed by atoms with Crippen LogP contribution in [0.2, 0.25) is 0 Å². The molecular formula is C19H18FN3O2. The Bertz CT molecular complexity index is 905. The lowest BCUT2D eigenvalue weighted by atomic mass is 10.1. The Labute approximate surface area is 144 Å². The van der Waals surface area contributed by atoms with E-state index < -0.39 is 5.82 Å². The summed E-state index contributed by atoms with van der Waals surface area (Å²) >= 11 is 0. The van der Waals surface area contributed by atoms with E-state index in [1.807, 2.05) is 32.0 Å². The molecule has 1 heterocycles. The minimum atomic E-state index is -0.426. The van der Waals surface area contributed by atoms with Gasteiger partial charge < -0.3 is 9.73 Å². The van der Waals surface area contributed by atoms with Gasteiger partial charge in [0.25, 0.3) is 5.89 Å². The highest BCUT2D eigenvalue weighted by atomic mass is 19.1. The van der Waals surface area contributed by atoms with E-state index in [9.17, 15) is 9.18 Å². The van der Waals surface area contributed by atoms with Crippen molar-refractivity contribution in [3.05, 3.63) is 65.3 Å². The maximum Gasteiger partial charge on any atom is 0.250 e. The molecule has 25 heavy (non-hydrogen) atoms. The van der Waals surface area contributed by atoms with Crippen molar-refractivity contribution >= 4 is 11.6 Å². The van der Waals surface area contributed by atoms with E-state index in [1.54, 1.807) is 18.2 Å². The summed E-state index contributed by atoms with van der Waals surface area (Å²) in [5, 5.41) is 10.6. The fourth-order valence-electron chi connectivity index (χ4n) is 2.42. The van der Waals surface area contributed by atoms with Crippen molar-refractivity contribution in [3.63, 3.8) is 0 Å². The molecule has 0 fully saturated rings. The zero-order valence-electron chi connectivity index (χ0n) is 14.0. The molecule has 0 saturated carbocycles. The van der Waals surface area contributed by atoms with Crippen LogP contribution >= 0.6 is 0 Å². The average molecular weight is 339 g/mol. The molecule has 2 aromatic carbocycles. The van der Waals surface area contributed by atoms with Gasteiger partial charge in [0.05, 0.1) is 5.56 Å². The molecule has 0 spiro atoms. The van der Waals surface area contributed by atoms with Gasteiger partial charge in [-0.1, -0.05) is 24.3 Å². The molecule has 0 aliphatic carbocycles. The van der Waals surface area contributed by atoms with Crippen molar-refractivity contribution in [1.82, 2.24) is 10.2 Å². The highest BCUT2D eigenvalue weighted by Gasteiger charge is 2.14. The molecule has 0 aliphatic heterocycles. The number of hydrogen-bond donors (Lipinski definition) is 1. The van der Waals surface area contributed by atoms with E-state index >= 15 is 0 Å². The third kappa shape index (κ3) is 3.91. The zero-order chi connectivity index (χ0) is 17.8. The maximum absolute atomic E-state index is 13.7. The standard InChI is InChI=1S/C19H18FN3O2/c1-12-6-5-9-16(13(12)2)21-17(24)10-11-18-22-23-19(25-18)14-7-3-4-8-15(14)20/h3-9H,10-11H2,1-2H3,(H,21,24). The van der Waals surface area contributed by atoms with Crippen molar-refractivity contribution < 1.29 is 13.6 Å². The molecular weight excluding hydrogens is 321 g/mol. The number of aromatic nitrogens is 2. The summed E-state index contributed by atoms with van der Waals surface area (Å²) in [6.45, 7) is 3.96. The van der Waals surface area contributed by atoms with Gasteiger partial charge in [-0.2, -0.15) is 0 Å². The number of halogens is 1. The molecule has 0 radical (unpaired) electrons. The Morgan fingerprint density at radius 2 is 1.92 bits per heavy atom. The number of amides is 1. The van der Waals surface area contributed by atoms with E-state index in [2.05, 4.69) is 15.5 Å². The highest BCUT2D eigenvalue weighted by molar-refractivity contribution is 5.91. The quantitative estimate of drug-likeness (QED) is 0.761. The number of benzene rings is 2. The first-order valence-corrected chi connectivity index (χ1v) is 7.98. The smallest absolute Gasteiger partial charge is 0.250 e. The van der Waals surface area contributed by atoms with Crippen molar-refractivity contribution in [2.75, 3.05) is 5.32 Å². The molecule has 0 bridgehead atoms. The van der Waals surface area contributed by atoms with Gasteiger partial charge in [0.15, 0.2) is 0 Å². The van der Waals surface area contributed by atoms with Crippen LogP contribution in [0, 0.1) is 19.7 Å². The van der Waals surface area contributed by atoms with E-state index in [4.69, 9.17) is 4.42 Å². The number of rotatable bonds is 5. The molecule has 0 saturated heterocycles. The summed E-state index contributed by atoms with van der Waals surface area (Å²) in [6, 6.07) is 11.9. The summed E-state index contributed by atoms with van der Waals surface area (Å²) in [4.78, 5) is 12.1. The molecule has 128 valence electrons. The summed E-state index contributed by atoms with van der Waals surface area (Å²) in [6.07, 6.45) is 0.491. The highest BCUT2D eigenvalue weighted by Crippen LogP contribution is 2.22. The normalized spacial score (nSPS) is 10.7. The van der Waals surface area contributed by atoms with Crippen LogP contribution in [-0.4, -0.2) is 16.1 Å². The number of nitrogens with one attached hydrogen (secondary N) is 1. The maximum atomic E-state index is 13.7. The Balaban J connectivity index is 1.62. The number of carbonyl (C=O) groups is 1. The molecule has 0 atom stereocenters. The van der Waals surface area contributed by atoms with Crippen LogP contribution in [0.5, 0.6) is 0 Å². The number of nitrogens with zero attached hydrogens (tertiary/aromatic N) is 2. The van der Waals surface area contributed by atoms with Crippen molar-refractivity contribution in [1.29, 1.82) is 0 Å². The first kappa shape index (κ1) is 16.8.